The van der Waals surface area contributed by atoms with Gasteiger partial charge in [0.1, 0.15) is 0 Å². The van der Waals surface area contributed by atoms with E-state index in [0.29, 0.717) is 24.1 Å². The summed E-state index contributed by atoms with van der Waals surface area (Å²) in [6.45, 7) is 6.68. The molecule has 2 atom stereocenters. The number of hydrogen-bond acceptors (Lipinski definition) is 2. The zero-order valence-corrected chi connectivity index (χ0v) is 12.1. The maximum absolute atomic E-state index is 13.9. The van der Waals surface area contributed by atoms with Crippen LogP contribution in [0.2, 0.25) is 0 Å². The fraction of sp³-hybridized carbons (Fsp3) is 0.625. The lowest BCUT2D eigenvalue weighted by molar-refractivity contribution is 0.0302. The molecule has 2 fully saturated rings. The molecule has 0 radical (unpaired) electrons. The number of rotatable bonds is 3. The summed E-state index contributed by atoms with van der Waals surface area (Å²) < 4.78 is 27.3. The van der Waals surface area contributed by atoms with Crippen molar-refractivity contribution in [1.29, 1.82) is 0 Å². The first-order valence-corrected chi connectivity index (χ1v) is 7.42. The summed E-state index contributed by atoms with van der Waals surface area (Å²) >= 11 is 0. The zero-order valence-electron chi connectivity index (χ0n) is 12.1. The van der Waals surface area contributed by atoms with E-state index in [4.69, 9.17) is 0 Å². The summed E-state index contributed by atoms with van der Waals surface area (Å²) in [4.78, 5) is 2.34. The molecule has 1 heterocycles. The van der Waals surface area contributed by atoms with Crippen LogP contribution in [0.15, 0.2) is 18.2 Å². The van der Waals surface area contributed by atoms with Gasteiger partial charge in [0.25, 0.3) is 0 Å². The Kier molecular flexibility index (Phi) is 3.55. The lowest BCUT2D eigenvalue weighted by atomic mass is 9.89. The average Bonchev–Trinajstić information content (AvgIpc) is 3.24. The Morgan fingerprint density at radius 2 is 2.10 bits per heavy atom. The predicted octanol–water partition coefficient (Wildman–Crippen LogP) is 2.93. The second-order valence-electron chi connectivity index (χ2n) is 6.51. The third-order valence-electron chi connectivity index (χ3n) is 4.87. The molecule has 2 nitrogen and oxygen atoms in total. The minimum atomic E-state index is -0.751. The van der Waals surface area contributed by atoms with E-state index in [-0.39, 0.29) is 5.54 Å². The second-order valence-corrected chi connectivity index (χ2v) is 6.51. The van der Waals surface area contributed by atoms with Gasteiger partial charge in [0.05, 0.1) is 0 Å². The van der Waals surface area contributed by atoms with Crippen molar-refractivity contribution < 1.29 is 8.78 Å². The van der Waals surface area contributed by atoms with Crippen molar-refractivity contribution in [3.63, 3.8) is 0 Å². The molecule has 0 amide bonds. The van der Waals surface area contributed by atoms with Crippen LogP contribution in [0.4, 0.5) is 8.78 Å². The molecule has 2 unspecified atom stereocenters. The number of hydrogen-bond donors (Lipinski definition) is 1. The summed E-state index contributed by atoms with van der Waals surface area (Å²) in [5.41, 5.74) is 0.525. The lowest BCUT2D eigenvalue weighted by Crippen LogP contribution is -2.63. The number of piperazine rings is 1. The molecule has 20 heavy (non-hydrogen) atoms. The summed E-state index contributed by atoms with van der Waals surface area (Å²) in [6, 6.07) is 4.85. The van der Waals surface area contributed by atoms with Gasteiger partial charge in [0, 0.05) is 36.8 Å². The molecule has 1 aliphatic heterocycles. The van der Waals surface area contributed by atoms with Crippen LogP contribution in [0.3, 0.4) is 0 Å². The fourth-order valence-corrected chi connectivity index (χ4v) is 3.33. The van der Waals surface area contributed by atoms with Crippen LogP contribution in [-0.2, 0) is 6.54 Å². The Bertz CT molecular complexity index is 501. The van der Waals surface area contributed by atoms with Gasteiger partial charge in [-0.3, -0.25) is 4.90 Å². The third kappa shape index (κ3) is 2.47. The SMILES string of the molecule is CC1CN(Cc2cccc(F)c2F)C(C)(C2CC2)CN1. The highest BCUT2D eigenvalue weighted by atomic mass is 19.2. The van der Waals surface area contributed by atoms with E-state index in [2.05, 4.69) is 24.1 Å². The molecule has 3 rings (SSSR count). The minimum Gasteiger partial charge on any atom is -0.311 e. The summed E-state index contributed by atoms with van der Waals surface area (Å²) in [6.07, 6.45) is 2.49. The van der Waals surface area contributed by atoms with Gasteiger partial charge in [-0.15, -0.1) is 0 Å². The highest BCUT2D eigenvalue weighted by Crippen LogP contribution is 2.44. The normalized spacial score (nSPS) is 31.5. The molecular weight excluding hydrogens is 258 g/mol. The van der Waals surface area contributed by atoms with Gasteiger partial charge >= 0.3 is 0 Å². The highest BCUT2D eigenvalue weighted by molar-refractivity contribution is 5.20. The van der Waals surface area contributed by atoms with Crippen molar-refractivity contribution in [3.05, 3.63) is 35.4 Å². The van der Waals surface area contributed by atoms with Crippen molar-refractivity contribution in [2.24, 2.45) is 5.92 Å². The molecule has 110 valence electrons. The van der Waals surface area contributed by atoms with E-state index in [0.717, 1.165) is 13.1 Å². The van der Waals surface area contributed by atoms with Crippen molar-refractivity contribution >= 4 is 0 Å². The fourth-order valence-electron chi connectivity index (χ4n) is 3.33. The molecule has 2 aliphatic rings. The van der Waals surface area contributed by atoms with E-state index in [1.807, 2.05) is 0 Å². The molecule has 1 saturated heterocycles. The quantitative estimate of drug-likeness (QED) is 0.916. The van der Waals surface area contributed by atoms with E-state index in [9.17, 15) is 8.78 Å². The summed E-state index contributed by atoms with van der Waals surface area (Å²) in [5, 5.41) is 3.53. The predicted molar refractivity (Wildman–Crippen MR) is 75.4 cm³/mol. The summed E-state index contributed by atoms with van der Waals surface area (Å²) in [7, 11) is 0. The van der Waals surface area contributed by atoms with Crippen molar-refractivity contribution in [3.8, 4) is 0 Å². The van der Waals surface area contributed by atoms with Crippen molar-refractivity contribution in [2.75, 3.05) is 13.1 Å². The standard InChI is InChI=1S/C16H22F2N2/c1-11-8-20(16(2,10-19-11)13-6-7-13)9-12-4-3-5-14(17)15(12)18/h3-5,11,13,19H,6-10H2,1-2H3. The van der Waals surface area contributed by atoms with Crippen LogP contribution in [0.1, 0.15) is 32.3 Å². The van der Waals surface area contributed by atoms with E-state index in [1.54, 1.807) is 12.1 Å². The van der Waals surface area contributed by atoms with Gasteiger partial charge in [0.2, 0.25) is 0 Å². The van der Waals surface area contributed by atoms with Crippen molar-refractivity contribution in [2.45, 2.75) is 44.8 Å². The van der Waals surface area contributed by atoms with Gasteiger partial charge in [-0.05, 0) is 38.7 Å². The average molecular weight is 280 g/mol. The minimum absolute atomic E-state index is 0.0608. The van der Waals surface area contributed by atoms with Crippen LogP contribution >= 0.6 is 0 Å². The first kappa shape index (κ1) is 14.0. The number of nitrogens with zero attached hydrogens (tertiary/aromatic N) is 1. The Hall–Kier alpha value is -1.00. The molecule has 1 aromatic rings. The maximum Gasteiger partial charge on any atom is 0.163 e. The van der Waals surface area contributed by atoms with E-state index in [1.165, 1.54) is 18.9 Å². The Labute approximate surface area is 119 Å². The number of nitrogens with one attached hydrogen (secondary N) is 1. The number of halogens is 2. The van der Waals surface area contributed by atoms with E-state index < -0.39 is 11.6 Å². The molecule has 1 aliphatic carbocycles. The molecule has 1 aromatic carbocycles. The second kappa shape index (κ2) is 5.08. The first-order valence-electron chi connectivity index (χ1n) is 7.42. The monoisotopic (exact) mass is 280 g/mol. The van der Waals surface area contributed by atoms with Gasteiger partial charge in [-0.25, -0.2) is 8.78 Å². The Balaban J connectivity index is 1.84. The molecule has 4 heteroatoms. The van der Waals surface area contributed by atoms with Crippen LogP contribution in [0, 0.1) is 17.6 Å². The molecule has 0 aromatic heterocycles. The molecule has 1 saturated carbocycles. The third-order valence-corrected chi connectivity index (χ3v) is 4.87. The number of benzene rings is 1. The smallest absolute Gasteiger partial charge is 0.163 e. The summed E-state index contributed by atoms with van der Waals surface area (Å²) in [5.74, 6) is -0.769. The zero-order chi connectivity index (χ0) is 14.3. The van der Waals surface area contributed by atoms with Gasteiger partial charge < -0.3 is 5.32 Å². The first-order chi connectivity index (χ1) is 9.50. The topological polar surface area (TPSA) is 15.3 Å². The van der Waals surface area contributed by atoms with Crippen molar-refractivity contribution in [1.82, 2.24) is 10.2 Å². The largest absolute Gasteiger partial charge is 0.311 e. The molecule has 0 bridgehead atoms. The van der Waals surface area contributed by atoms with Gasteiger partial charge in [0.15, 0.2) is 11.6 Å². The Morgan fingerprint density at radius 1 is 1.35 bits per heavy atom. The van der Waals surface area contributed by atoms with E-state index >= 15 is 0 Å². The van der Waals surface area contributed by atoms with Crippen LogP contribution in [-0.4, -0.2) is 29.6 Å². The maximum atomic E-state index is 13.9. The Morgan fingerprint density at radius 3 is 2.80 bits per heavy atom. The highest BCUT2D eigenvalue weighted by Gasteiger charge is 2.47. The van der Waals surface area contributed by atoms with Crippen LogP contribution in [0.5, 0.6) is 0 Å². The lowest BCUT2D eigenvalue weighted by Gasteiger charge is -2.48. The van der Waals surface area contributed by atoms with Crippen LogP contribution in [0.25, 0.3) is 0 Å². The van der Waals surface area contributed by atoms with Gasteiger partial charge in [-0.2, -0.15) is 0 Å². The molecule has 0 spiro atoms. The van der Waals surface area contributed by atoms with Gasteiger partial charge in [-0.1, -0.05) is 12.1 Å². The van der Waals surface area contributed by atoms with Crippen LogP contribution < -0.4 is 5.32 Å². The molecular formula is C16H22F2N2. The molecule has 1 N–H and O–H groups in total.